The van der Waals surface area contributed by atoms with Crippen LogP contribution in [0.15, 0.2) is 0 Å². The van der Waals surface area contributed by atoms with Gasteiger partial charge in [0.2, 0.25) is 0 Å². The summed E-state index contributed by atoms with van der Waals surface area (Å²) in [7, 11) is 0. The maximum atomic E-state index is 6.04. The van der Waals surface area contributed by atoms with Crippen molar-refractivity contribution in [1.29, 1.82) is 0 Å². The molecule has 0 amide bonds. The molecule has 76 valence electrons. The van der Waals surface area contributed by atoms with E-state index in [4.69, 9.17) is 21.1 Å². The molecule has 2 rings (SSSR count). The molecule has 0 radical (unpaired) electrons. The summed E-state index contributed by atoms with van der Waals surface area (Å²) in [6.07, 6.45) is 5.68. The van der Waals surface area contributed by atoms with Crippen molar-refractivity contribution in [2.24, 2.45) is 5.92 Å². The second-order valence-electron chi connectivity index (χ2n) is 3.98. The van der Waals surface area contributed by atoms with Crippen LogP contribution in [0.2, 0.25) is 0 Å². The Morgan fingerprint density at radius 3 is 2.15 bits per heavy atom. The van der Waals surface area contributed by atoms with Crippen LogP contribution in [0, 0.1) is 5.92 Å². The van der Waals surface area contributed by atoms with Gasteiger partial charge in [-0.25, -0.2) is 0 Å². The molecule has 1 aliphatic heterocycles. The number of hydrogen-bond donors (Lipinski definition) is 0. The maximum absolute atomic E-state index is 6.04. The van der Waals surface area contributed by atoms with Crippen molar-refractivity contribution in [2.75, 3.05) is 13.2 Å². The van der Waals surface area contributed by atoms with Crippen LogP contribution < -0.4 is 0 Å². The molecule has 0 unspecified atom stereocenters. The van der Waals surface area contributed by atoms with Crippen molar-refractivity contribution in [3.63, 3.8) is 0 Å². The topological polar surface area (TPSA) is 18.5 Å². The Bertz CT molecular complexity index is 149. The molecule has 13 heavy (non-hydrogen) atoms. The van der Waals surface area contributed by atoms with Crippen LogP contribution in [0.5, 0.6) is 0 Å². The molecule has 2 fully saturated rings. The Kier molecular flexibility index (Phi) is 3.47. The summed E-state index contributed by atoms with van der Waals surface area (Å²) < 4.78 is 11.2. The predicted octanol–water partition coefficient (Wildman–Crippen LogP) is 2.55. The molecule has 0 aromatic carbocycles. The Morgan fingerprint density at radius 2 is 1.54 bits per heavy atom. The van der Waals surface area contributed by atoms with E-state index in [9.17, 15) is 0 Å². The zero-order chi connectivity index (χ0) is 9.10. The van der Waals surface area contributed by atoms with Gasteiger partial charge in [-0.15, -0.1) is 11.6 Å². The third kappa shape index (κ3) is 2.58. The molecule has 3 heteroatoms. The lowest BCUT2D eigenvalue weighted by Gasteiger charge is -2.33. The van der Waals surface area contributed by atoms with E-state index in [1.165, 1.54) is 12.8 Å². The van der Waals surface area contributed by atoms with Crippen molar-refractivity contribution < 1.29 is 9.47 Å². The Labute approximate surface area is 84.5 Å². The van der Waals surface area contributed by atoms with E-state index in [1.807, 2.05) is 0 Å². The fraction of sp³-hybridized carbons (Fsp3) is 1.00. The second kappa shape index (κ2) is 4.63. The van der Waals surface area contributed by atoms with Gasteiger partial charge in [-0.3, -0.25) is 0 Å². The number of ether oxygens (including phenoxy) is 2. The lowest BCUT2D eigenvalue weighted by atomic mass is 9.88. The van der Waals surface area contributed by atoms with Gasteiger partial charge in [-0.2, -0.15) is 0 Å². The molecule has 0 spiro atoms. The van der Waals surface area contributed by atoms with E-state index in [0.29, 0.717) is 11.3 Å². The van der Waals surface area contributed by atoms with E-state index in [1.54, 1.807) is 0 Å². The Morgan fingerprint density at radius 1 is 0.923 bits per heavy atom. The molecule has 2 aliphatic rings. The normalized spacial score (nSPS) is 37.6. The molecule has 0 aromatic rings. The highest BCUT2D eigenvalue weighted by molar-refractivity contribution is 6.20. The minimum absolute atomic E-state index is 0.0675. The standard InChI is InChI=1S/C10H17ClO2/c11-9-4-2-8(3-5-9)10-12-6-1-7-13-10/h8-10H,1-7H2. The first-order valence-electron chi connectivity index (χ1n) is 5.23. The molecule has 0 atom stereocenters. The summed E-state index contributed by atoms with van der Waals surface area (Å²) in [4.78, 5) is 0. The van der Waals surface area contributed by atoms with Gasteiger partial charge in [0.15, 0.2) is 6.29 Å². The molecule has 0 N–H and O–H groups in total. The zero-order valence-electron chi connectivity index (χ0n) is 7.88. The monoisotopic (exact) mass is 204 g/mol. The van der Waals surface area contributed by atoms with Crippen LogP contribution in [-0.4, -0.2) is 24.9 Å². The number of alkyl halides is 1. The summed E-state index contributed by atoms with van der Waals surface area (Å²) in [5.41, 5.74) is 0. The SMILES string of the molecule is ClC1CCC(C2OCCCO2)CC1. The van der Waals surface area contributed by atoms with Gasteiger partial charge in [0, 0.05) is 11.3 Å². The third-order valence-electron chi connectivity index (χ3n) is 2.94. The van der Waals surface area contributed by atoms with Crippen molar-refractivity contribution >= 4 is 11.6 Å². The molecule has 0 bridgehead atoms. The van der Waals surface area contributed by atoms with Crippen LogP contribution in [0.4, 0.5) is 0 Å². The lowest BCUT2D eigenvalue weighted by Crippen LogP contribution is -2.34. The summed E-state index contributed by atoms with van der Waals surface area (Å²) >= 11 is 6.04. The van der Waals surface area contributed by atoms with Crippen LogP contribution in [0.25, 0.3) is 0 Å². The minimum Gasteiger partial charge on any atom is -0.352 e. The molecular weight excluding hydrogens is 188 g/mol. The van der Waals surface area contributed by atoms with Gasteiger partial charge in [0.05, 0.1) is 13.2 Å². The number of rotatable bonds is 1. The van der Waals surface area contributed by atoms with Gasteiger partial charge in [-0.05, 0) is 32.1 Å². The fourth-order valence-corrected chi connectivity index (χ4v) is 2.38. The van der Waals surface area contributed by atoms with Crippen LogP contribution in [0.3, 0.4) is 0 Å². The summed E-state index contributed by atoms with van der Waals surface area (Å²) in [5.74, 6) is 0.593. The highest BCUT2D eigenvalue weighted by atomic mass is 35.5. The van der Waals surface area contributed by atoms with Crippen molar-refractivity contribution in [3.05, 3.63) is 0 Å². The first-order valence-corrected chi connectivity index (χ1v) is 5.67. The molecule has 1 saturated carbocycles. The second-order valence-corrected chi connectivity index (χ2v) is 4.59. The van der Waals surface area contributed by atoms with E-state index < -0.39 is 0 Å². The average molecular weight is 205 g/mol. The maximum Gasteiger partial charge on any atom is 0.160 e. The Hall–Kier alpha value is 0.210. The van der Waals surface area contributed by atoms with Gasteiger partial charge in [0.25, 0.3) is 0 Å². The van der Waals surface area contributed by atoms with E-state index in [0.717, 1.165) is 32.5 Å². The van der Waals surface area contributed by atoms with Crippen molar-refractivity contribution in [3.8, 4) is 0 Å². The molecule has 1 heterocycles. The van der Waals surface area contributed by atoms with Gasteiger partial charge in [0.1, 0.15) is 0 Å². The zero-order valence-corrected chi connectivity index (χ0v) is 8.63. The molecule has 0 aromatic heterocycles. The molecule has 2 nitrogen and oxygen atoms in total. The van der Waals surface area contributed by atoms with E-state index >= 15 is 0 Å². The van der Waals surface area contributed by atoms with Gasteiger partial charge < -0.3 is 9.47 Å². The van der Waals surface area contributed by atoms with E-state index in [-0.39, 0.29) is 6.29 Å². The van der Waals surface area contributed by atoms with Crippen molar-refractivity contribution in [2.45, 2.75) is 43.8 Å². The van der Waals surface area contributed by atoms with Crippen LogP contribution in [-0.2, 0) is 9.47 Å². The van der Waals surface area contributed by atoms with Crippen LogP contribution >= 0.6 is 11.6 Å². The summed E-state index contributed by atoms with van der Waals surface area (Å²) in [6.45, 7) is 1.73. The highest BCUT2D eigenvalue weighted by Crippen LogP contribution is 2.32. The number of halogens is 1. The third-order valence-corrected chi connectivity index (χ3v) is 3.38. The van der Waals surface area contributed by atoms with Gasteiger partial charge in [-0.1, -0.05) is 0 Å². The van der Waals surface area contributed by atoms with Crippen molar-refractivity contribution in [1.82, 2.24) is 0 Å². The molecule has 1 saturated heterocycles. The smallest absolute Gasteiger partial charge is 0.160 e. The summed E-state index contributed by atoms with van der Waals surface area (Å²) in [5, 5.41) is 0.389. The molecule has 1 aliphatic carbocycles. The number of hydrogen-bond acceptors (Lipinski definition) is 2. The highest BCUT2D eigenvalue weighted by Gasteiger charge is 2.29. The predicted molar refractivity (Wildman–Crippen MR) is 51.9 cm³/mol. The lowest BCUT2D eigenvalue weighted by molar-refractivity contribution is -0.209. The largest absolute Gasteiger partial charge is 0.352 e. The molecular formula is C10H17ClO2. The summed E-state index contributed by atoms with van der Waals surface area (Å²) in [6, 6.07) is 0. The quantitative estimate of drug-likeness (QED) is 0.612. The minimum atomic E-state index is 0.0675. The fourth-order valence-electron chi connectivity index (χ4n) is 2.13. The first-order chi connectivity index (χ1) is 6.36. The van der Waals surface area contributed by atoms with Crippen LogP contribution in [0.1, 0.15) is 32.1 Å². The van der Waals surface area contributed by atoms with Gasteiger partial charge >= 0.3 is 0 Å². The Balaban J connectivity index is 1.79. The first kappa shape index (κ1) is 9.75. The average Bonchev–Trinajstić information content (AvgIpc) is 2.20. The van der Waals surface area contributed by atoms with E-state index in [2.05, 4.69) is 0 Å².